The first-order valence-electron chi connectivity index (χ1n) is 8.32. The van der Waals surface area contributed by atoms with Crippen LogP contribution < -0.4 is 4.74 Å². The zero-order chi connectivity index (χ0) is 18.5. The summed E-state index contributed by atoms with van der Waals surface area (Å²) in [5.41, 5.74) is 1.59. The molecule has 134 valence electrons. The van der Waals surface area contributed by atoms with Gasteiger partial charge >= 0.3 is 0 Å². The third-order valence-electron chi connectivity index (χ3n) is 3.72. The number of para-hydroxylation sites is 1. The minimum Gasteiger partial charge on any atom is -0.494 e. The van der Waals surface area contributed by atoms with Crippen LogP contribution in [0.3, 0.4) is 0 Å². The molecule has 1 heterocycles. The Morgan fingerprint density at radius 3 is 2.62 bits per heavy atom. The topological polar surface area (TPSA) is 41.9 Å². The van der Waals surface area contributed by atoms with Crippen LogP contribution in [0.25, 0.3) is 6.08 Å². The first kappa shape index (κ1) is 18.5. The lowest BCUT2D eigenvalue weighted by Gasteiger charge is -2.07. The van der Waals surface area contributed by atoms with E-state index >= 15 is 0 Å². The van der Waals surface area contributed by atoms with E-state index in [0.717, 1.165) is 17.7 Å². The lowest BCUT2D eigenvalue weighted by atomic mass is 10.2. The number of likely N-dealkylation sites (N-methyl/N-ethyl adjacent to an activating group) is 1. The number of ether oxygens (including phenoxy) is 1. The van der Waals surface area contributed by atoms with E-state index in [1.165, 1.54) is 11.8 Å². The summed E-state index contributed by atoms with van der Waals surface area (Å²) >= 11 is 7.50. The Morgan fingerprint density at radius 1 is 1.19 bits per heavy atom. The molecule has 0 N–H and O–H groups in total. The Morgan fingerprint density at radius 2 is 1.92 bits per heavy atom. The summed E-state index contributed by atoms with van der Waals surface area (Å²) in [6.45, 7) is 2.77. The predicted molar refractivity (Wildman–Crippen MR) is 109 cm³/mol. The fraction of sp³-hybridized carbons (Fsp3) is 0.200. The van der Waals surface area contributed by atoms with Crippen LogP contribution in [0, 0.1) is 0 Å². The predicted octanol–water partition coefficient (Wildman–Crippen LogP) is 5.36. The Balaban J connectivity index is 1.80. The molecule has 0 bridgehead atoms. The van der Waals surface area contributed by atoms with Crippen molar-refractivity contribution in [1.29, 1.82) is 0 Å². The van der Waals surface area contributed by atoms with Crippen LogP contribution >= 0.6 is 23.4 Å². The number of nitrogens with zero attached hydrogens (tertiary/aromatic N) is 2. The van der Waals surface area contributed by atoms with Gasteiger partial charge in [-0.2, -0.15) is 0 Å². The molecule has 0 saturated carbocycles. The minimum absolute atomic E-state index is 0.0767. The van der Waals surface area contributed by atoms with Gasteiger partial charge in [0.25, 0.3) is 5.91 Å². The molecular weight excluding hydrogens is 368 g/mol. The smallest absolute Gasteiger partial charge is 0.266 e. The molecule has 0 aromatic heterocycles. The van der Waals surface area contributed by atoms with Gasteiger partial charge in [-0.3, -0.25) is 9.69 Å². The number of hydrogen-bond acceptors (Lipinski definition) is 4. The maximum atomic E-state index is 12.5. The van der Waals surface area contributed by atoms with Crippen LogP contribution in [0.15, 0.2) is 58.4 Å². The Bertz CT molecular complexity index is 862. The van der Waals surface area contributed by atoms with Gasteiger partial charge in [-0.05, 0) is 54.1 Å². The van der Waals surface area contributed by atoms with E-state index in [0.29, 0.717) is 27.4 Å². The van der Waals surface area contributed by atoms with E-state index in [1.54, 1.807) is 18.0 Å². The molecule has 3 rings (SSSR count). The van der Waals surface area contributed by atoms with E-state index < -0.39 is 0 Å². The highest BCUT2D eigenvalue weighted by Gasteiger charge is 2.30. The number of rotatable bonds is 5. The van der Waals surface area contributed by atoms with Crippen molar-refractivity contribution in [3.8, 4) is 5.75 Å². The molecular formula is C20H19ClN2O2S. The van der Waals surface area contributed by atoms with Gasteiger partial charge in [-0.15, -0.1) is 0 Å². The minimum atomic E-state index is -0.0767. The van der Waals surface area contributed by atoms with Crippen LogP contribution in [0.5, 0.6) is 5.75 Å². The lowest BCUT2D eigenvalue weighted by Crippen LogP contribution is -2.23. The molecule has 0 unspecified atom stereocenters. The highest BCUT2D eigenvalue weighted by molar-refractivity contribution is 8.18. The van der Waals surface area contributed by atoms with Crippen LogP contribution in [0.1, 0.15) is 18.9 Å². The number of amidine groups is 1. The standard InChI is InChI=1S/C20H19ClN2O2S/c1-3-12-25-15-10-8-14(9-11-15)13-18-19(24)23(2)20(26-18)22-17-7-5-4-6-16(17)21/h4-11,13H,3,12H2,1-2H3/b18-13+,22-20?. The van der Waals surface area contributed by atoms with Crippen molar-refractivity contribution in [2.45, 2.75) is 13.3 Å². The average Bonchev–Trinajstić information content (AvgIpc) is 2.91. The fourth-order valence-electron chi connectivity index (χ4n) is 2.33. The normalized spacial score (nSPS) is 17.3. The number of carbonyl (C=O) groups excluding carboxylic acids is 1. The number of aliphatic imine (C=N–C) groups is 1. The Labute approximate surface area is 162 Å². The van der Waals surface area contributed by atoms with Crippen molar-refractivity contribution < 1.29 is 9.53 Å². The van der Waals surface area contributed by atoms with E-state index in [-0.39, 0.29) is 5.91 Å². The van der Waals surface area contributed by atoms with Crippen molar-refractivity contribution in [2.24, 2.45) is 4.99 Å². The van der Waals surface area contributed by atoms with E-state index in [1.807, 2.05) is 48.5 Å². The zero-order valence-corrected chi connectivity index (χ0v) is 16.2. The maximum absolute atomic E-state index is 12.5. The summed E-state index contributed by atoms with van der Waals surface area (Å²) in [5.74, 6) is 0.754. The second-order valence-corrected chi connectivity index (χ2v) is 7.15. The zero-order valence-electron chi connectivity index (χ0n) is 14.6. The number of carbonyl (C=O) groups is 1. The monoisotopic (exact) mass is 386 g/mol. The number of benzene rings is 2. The van der Waals surface area contributed by atoms with Gasteiger partial charge in [0, 0.05) is 7.05 Å². The molecule has 6 heteroatoms. The first-order chi connectivity index (χ1) is 12.6. The molecule has 0 aliphatic carbocycles. The van der Waals surface area contributed by atoms with E-state index in [9.17, 15) is 4.79 Å². The molecule has 1 saturated heterocycles. The van der Waals surface area contributed by atoms with Crippen molar-refractivity contribution in [1.82, 2.24) is 4.90 Å². The Hall–Kier alpha value is -2.24. The summed E-state index contributed by atoms with van der Waals surface area (Å²) in [5, 5.41) is 1.17. The molecule has 26 heavy (non-hydrogen) atoms. The summed E-state index contributed by atoms with van der Waals surface area (Å²) in [4.78, 5) is 19.2. The van der Waals surface area contributed by atoms with E-state index in [4.69, 9.17) is 16.3 Å². The summed E-state index contributed by atoms with van der Waals surface area (Å²) in [6.07, 6.45) is 2.83. The van der Waals surface area contributed by atoms with Crippen LogP contribution in [0.4, 0.5) is 5.69 Å². The SMILES string of the molecule is CCCOc1ccc(/C=C2/SC(=Nc3ccccc3Cl)N(C)C2=O)cc1. The second kappa shape index (κ2) is 8.43. The third-order valence-corrected chi connectivity index (χ3v) is 5.10. The molecule has 1 aliphatic heterocycles. The van der Waals surface area contributed by atoms with Gasteiger partial charge < -0.3 is 4.74 Å². The summed E-state index contributed by atoms with van der Waals surface area (Å²) < 4.78 is 5.58. The molecule has 1 amide bonds. The highest BCUT2D eigenvalue weighted by atomic mass is 35.5. The van der Waals surface area contributed by atoms with E-state index in [2.05, 4.69) is 11.9 Å². The molecule has 0 atom stereocenters. The first-order valence-corrected chi connectivity index (χ1v) is 9.51. The van der Waals surface area contributed by atoms with Gasteiger partial charge in [0.05, 0.1) is 22.2 Å². The van der Waals surface area contributed by atoms with Crippen molar-refractivity contribution in [2.75, 3.05) is 13.7 Å². The van der Waals surface area contributed by atoms with Crippen LogP contribution in [-0.4, -0.2) is 29.6 Å². The van der Waals surface area contributed by atoms with Crippen molar-refractivity contribution in [3.05, 3.63) is 64.0 Å². The number of hydrogen-bond donors (Lipinski definition) is 0. The summed E-state index contributed by atoms with van der Waals surface area (Å²) in [6, 6.07) is 15.0. The van der Waals surface area contributed by atoms with Gasteiger partial charge in [0.15, 0.2) is 5.17 Å². The third kappa shape index (κ3) is 4.29. The van der Waals surface area contributed by atoms with Crippen LogP contribution in [-0.2, 0) is 4.79 Å². The molecule has 0 radical (unpaired) electrons. The van der Waals surface area contributed by atoms with Crippen molar-refractivity contribution in [3.63, 3.8) is 0 Å². The molecule has 4 nitrogen and oxygen atoms in total. The van der Waals surface area contributed by atoms with Gasteiger partial charge in [0.2, 0.25) is 0 Å². The van der Waals surface area contributed by atoms with Gasteiger partial charge in [-0.25, -0.2) is 4.99 Å². The maximum Gasteiger partial charge on any atom is 0.266 e. The fourth-order valence-corrected chi connectivity index (χ4v) is 3.49. The largest absolute Gasteiger partial charge is 0.494 e. The molecule has 0 spiro atoms. The van der Waals surface area contributed by atoms with Crippen LogP contribution in [0.2, 0.25) is 5.02 Å². The molecule has 2 aromatic rings. The molecule has 2 aromatic carbocycles. The van der Waals surface area contributed by atoms with Gasteiger partial charge in [-0.1, -0.05) is 42.8 Å². The number of thioether (sulfide) groups is 1. The average molecular weight is 387 g/mol. The lowest BCUT2D eigenvalue weighted by molar-refractivity contribution is -0.121. The second-order valence-electron chi connectivity index (χ2n) is 5.74. The van der Waals surface area contributed by atoms with Crippen molar-refractivity contribution >= 4 is 46.2 Å². The van der Waals surface area contributed by atoms with Gasteiger partial charge in [0.1, 0.15) is 5.75 Å². The Kier molecular flexibility index (Phi) is 6.01. The highest BCUT2D eigenvalue weighted by Crippen LogP contribution is 2.34. The quantitative estimate of drug-likeness (QED) is 0.649. The molecule has 1 aliphatic rings. The number of halogens is 1. The summed E-state index contributed by atoms with van der Waals surface area (Å²) in [7, 11) is 1.72. The number of amides is 1. The molecule has 1 fully saturated rings.